The molecule has 0 saturated heterocycles. The molecule has 0 aliphatic rings. The van der Waals surface area contributed by atoms with Gasteiger partial charge in [0.2, 0.25) is 10.0 Å². The number of aliphatic imine (C=N–C) groups is 1. The second kappa shape index (κ2) is 10.9. The Hall–Kier alpha value is -0.870. The summed E-state index contributed by atoms with van der Waals surface area (Å²) >= 11 is 0. The largest absolute Gasteiger partial charge is 0.354 e. The fraction of sp³-hybridized carbons (Fsp3) is 0.562. The second-order valence-electron chi connectivity index (χ2n) is 5.88. The summed E-state index contributed by atoms with van der Waals surface area (Å²) in [4.78, 5) is 4.21. The van der Waals surface area contributed by atoms with Crippen molar-refractivity contribution in [1.29, 1.82) is 0 Å². The van der Waals surface area contributed by atoms with Gasteiger partial charge in [-0.3, -0.25) is 4.99 Å². The van der Waals surface area contributed by atoms with Crippen molar-refractivity contribution in [3.8, 4) is 0 Å². The number of benzene rings is 1. The SMILES string of the molecule is CN=C(NCc1ccc(CS(=O)(=O)NC)cc1)NC(C)C(C)C.I. The highest BCUT2D eigenvalue weighted by Crippen LogP contribution is 2.08. The van der Waals surface area contributed by atoms with E-state index in [9.17, 15) is 8.42 Å². The minimum atomic E-state index is -3.23. The molecule has 0 saturated carbocycles. The van der Waals surface area contributed by atoms with Gasteiger partial charge in [-0.25, -0.2) is 13.1 Å². The molecule has 0 bridgehead atoms. The third-order valence-corrected chi connectivity index (χ3v) is 5.07. The van der Waals surface area contributed by atoms with Gasteiger partial charge in [-0.05, 0) is 31.0 Å². The van der Waals surface area contributed by atoms with Crippen molar-refractivity contribution in [2.45, 2.75) is 39.1 Å². The molecular formula is C16H29IN4O2S. The maximum Gasteiger partial charge on any atom is 0.215 e. The molecule has 8 heteroatoms. The van der Waals surface area contributed by atoms with Crippen molar-refractivity contribution in [3.05, 3.63) is 35.4 Å². The third kappa shape index (κ3) is 8.29. The van der Waals surface area contributed by atoms with E-state index in [1.807, 2.05) is 24.3 Å². The average Bonchev–Trinajstić information content (AvgIpc) is 2.52. The highest BCUT2D eigenvalue weighted by molar-refractivity contribution is 14.0. The van der Waals surface area contributed by atoms with Crippen LogP contribution >= 0.6 is 24.0 Å². The van der Waals surface area contributed by atoms with Crippen LogP contribution in [0.15, 0.2) is 29.3 Å². The van der Waals surface area contributed by atoms with Crippen LogP contribution in [0.1, 0.15) is 31.9 Å². The molecule has 0 amide bonds. The molecule has 0 aromatic heterocycles. The van der Waals surface area contributed by atoms with E-state index in [0.29, 0.717) is 18.5 Å². The molecule has 6 nitrogen and oxygen atoms in total. The highest BCUT2D eigenvalue weighted by atomic mass is 127. The minimum Gasteiger partial charge on any atom is -0.354 e. The number of hydrogen-bond acceptors (Lipinski definition) is 3. The summed E-state index contributed by atoms with van der Waals surface area (Å²) in [5.74, 6) is 1.27. The molecular weight excluding hydrogens is 439 g/mol. The first-order chi connectivity index (χ1) is 10.8. The Morgan fingerprint density at radius 2 is 1.67 bits per heavy atom. The van der Waals surface area contributed by atoms with E-state index in [-0.39, 0.29) is 29.7 Å². The van der Waals surface area contributed by atoms with Gasteiger partial charge in [0.25, 0.3) is 0 Å². The molecule has 1 aromatic rings. The standard InChI is InChI=1S/C16H28N4O2S.HI/c1-12(2)13(3)20-16(17-4)19-10-14-6-8-15(9-7-14)11-23(21,22)18-5;/h6-9,12-13,18H,10-11H2,1-5H3,(H2,17,19,20);1H. The molecule has 1 atom stereocenters. The van der Waals surface area contributed by atoms with Crippen LogP contribution in [0, 0.1) is 5.92 Å². The Bertz CT molecular complexity index is 615. The zero-order valence-corrected chi connectivity index (χ0v) is 18.1. The van der Waals surface area contributed by atoms with E-state index in [4.69, 9.17) is 0 Å². The molecule has 24 heavy (non-hydrogen) atoms. The number of halogens is 1. The minimum absolute atomic E-state index is 0. The zero-order valence-electron chi connectivity index (χ0n) is 15.0. The van der Waals surface area contributed by atoms with Gasteiger partial charge in [0, 0.05) is 19.6 Å². The van der Waals surface area contributed by atoms with Gasteiger partial charge < -0.3 is 10.6 Å². The zero-order chi connectivity index (χ0) is 17.5. The topological polar surface area (TPSA) is 82.6 Å². The first kappa shape index (κ1) is 23.1. The molecule has 1 aromatic carbocycles. The summed E-state index contributed by atoms with van der Waals surface area (Å²) in [5.41, 5.74) is 1.83. The Morgan fingerprint density at radius 1 is 1.12 bits per heavy atom. The van der Waals surface area contributed by atoms with Crippen LogP contribution in [0.5, 0.6) is 0 Å². The van der Waals surface area contributed by atoms with E-state index in [2.05, 4.69) is 41.1 Å². The molecule has 0 radical (unpaired) electrons. The third-order valence-electron chi connectivity index (χ3n) is 3.74. The molecule has 138 valence electrons. The van der Waals surface area contributed by atoms with E-state index in [0.717, 1.165) is 17.1 Å². The first-order valence-corrected chi connectivity index (χ1v) is 9.39. The fourth-order valence-corrected chi connectivity index (χ4v) is 2.58. The van der Waals surface area contributed by atoms with Gasteiger partial charge in [0.1, 0.15) is 0 Å². The van der Waals surface area contributed by atoms with Crippen molar-refractivity contribution in [2.24, 2.45) is 10.9 Å². The van der Waals surface area contributed by atoms with E-state index in [1.165, 1.54) is 7.05 Å². The van der Waals surface area contributed by atoms with Gasteiger partial charge in [0.15, 0.2) is 5.96 Å². The maximum atomic E-state index is 11.5. The second-order valence-corrected chi connectivity index (χ2v) is 7.81. The lowest BCUT2D eigenvalue weighted by atomic mass is 10.1. The molecule has 0 aliphatic heterocycles. The monoisotopic (exact) mass is 468 g/mol. The van der Waals surface area contributed by atoms with Gasteiger partial charge in [-0.1, -0.05) is 38.1 Å². The van der Waals surface area contributed by atoms with Crippen LogP contribution in [0.3, 0.4) is 0 Å². The molecule has 1 unspecified atom stereocenters. The van der Waals surface area contributed by atoms with Crippen molar-refractivity contribution in [1.82, 2.24) is 15.4 Å². The number of nitrogens with zero attached hydrogens (tertiary/aromatic N) is 1. The lowest BCUT2D eigenvalue weighted by Gasteiger charge is -2.20. The molecule has 1 rings (SSSR count). The molecule has 0 heterocycles. The number of rotatable bonds is 7. The smallest absolute Gasteiger partial charge is 0.215 e. The van der Waals surface area contributed by atoms with Gasteiger partial charge in [-0.15, -0.1) is 24.0 Å². The summed E-state index contributed by atoms with van der Waals surface area (Å²) in [6.45, 7) is 7.06. The normalized spacial score (nSPS) is 13.3. The van der Waals surface area contributed by atoms with Gasteiger partial charge in [-0.2, -0.15) is 0 Å². The van der Waals surface area contributed by atoms with Crippen LogP contribution in [0.25, 0.3) is 0 Å². The van der Waals surface area contributed by atoms with Crippen LogP contribution in [0.4, 0.5) is 0 Å². The number of hydrogen-bond donors (Lipinski definition) is 3. The van der Waals surface area contributed by atoms with Crippen LogP contribution in [-0.2, 0) is 22.3 Å². The lowest BCUT2D eigenvalue weighted by molar-refractivity contribution is 0.481. The highest BCUT2D eigenvalue weighted by Gasteiger charge is 2.10. The van der Waals surface area contributed by atoms with Crippen molar-refractivity contribution < 1.29 is 8.42 Å². The Balaban J connectivity index is 0.00000529. The molecule has 3 N–H and O–H groups in total. The number of guanidine groups is 1. The van der Waals surface area contributed by atoms with Crippen LogP contribution in [0.2, 0.25) is 0 Å². The molecule has 0 spiro atoms. The van der Waals surface area contributed by atoms with Crippen LogP contribution < -0.4 is 15.4 Å². The van der Waals surface area contributed by atoms with Crippen molar-refractivity contribution in [3.63, 3.8) is 0 Å². The first-order valence-electron chi connectivity index (χ1n) is 7.73. The summed E-state index contributed by atoms with van der Waals surface area (Å²) in [5, 5.41) is 6.60. The molecule has 0 aliphatic carbocycles. The Morgan fingerprint density at radius 3 is 2.12 bits per heavy atom. The molecule has 0 fully saturated rings. The van der Waals surface area contributed by atoms with E-state index in [1.54, 1.807) is 7.05 Å². The van der Waals surface area contributed by atoms with Crippen LogP contribution in [-0.4, -0.2) is 34.5 Å². The van der Waals surface area contributed by atoms with Gasteiger partial charge >= 0.3 is 0 Å². The van der Waals surface area contributed by atoms with Crippen molar-refractivity contribution in [2.75, 3.05) is 14.1 Å². The summed E-state index contributed by atoms with van der Waals surface area (Å²) in [6.07, 6.45) is 0. The average molecular weight is 468 g/mol. The Labute approximate surface area is 163 Å². The quantitative estimate of drug-likeness (QED) is 0.325. The van der Waals surface area contributed by atoms with Crippen molar-refractivity contribution >= 4 is 40.0 Å². The maximum absolute atomic E-state index is 11.5. The summed E-state index contributed by atoms with van der Waals surface area (Å²) < 4.78 is 25.4. The fourth-order valence-electron chi connectivity index (χ4n) is 1.81. The predicted molar refractivity (Wildman–Crippen MR) is 111 cm³/mol. The number of nitrogens with one attached hydrogen (secondary N) is 3. The summed E-state index contributed by atoms with van der Waals surface area (Å²) in [7, 11) is -0.0663. The number of sulfonamides is 1. The Kier molecular flexibility index (Phi) is 10.5. The lowest BCUT2D eigenvalue weighted by Crippen LogP contribution is -2.43. The van der Waals surface area contributed by atoms with E-state index < -0.39 is 10.0 Å². The van der Waals surface area contributed by atoms with E-state index >= 15 is 0 Å². The predicted octanol–water partition coefficient (Wildman–Crippen LogP) is 2.06. The summed E-state index contributed by atoms with van der Waals surface area (Å²) in [6, 6.07) is 7.84. The van der Waals surface area contributed by atoms with Gasteiger partial charge in [0.05, 0.1) is 5.75 Å².